The summed E-state index contributed by atoms with van der Waals surface area (Å²) >= 11 is 4.77. The van der Waals surface area contributed by atoms with E-state index < -0.39 is 0 Å². The Balaban J connectivity index is 1.67. The lowest BCUT2D eigenvalue weighted by Crippen LogP contribution is -2.16. The number of carbonyl (C=O) groups excluding carboxylic acids is 1. The van der Waals surface area contributed by atoms with Crippen LogP contribution >= 0.6 is 27.7 Å². The molecule has 6 nitrogen and oxygen atoms in total. The second-order valence-corrected chi connectivity index (χ2v) is 7.06. The zero-order chi connectivity index (χ0) is 17.1. The monoisotopic (exact) mass is 405 g/mol. The predicted molar refractivity (Wildman–Crippen MR) is 98.2 cm³/mol. The summed E-state index contributed by atoms with van der Waals surface area (Å²) in [7, 11) is 0. The standard InChI is InChI=1S/C16H16BrN5OS/c1-11-9-13(17)5-6-14(11)18-15(23)10-24-16-20-19-12(2)22(16)21-7-3-4-8-21/h3-9H,10H2,1-2H3,(H,18,23). The molecule has 0 aliphatic heterocycles. The third-order valence-corrected chi connectivity index (χ3v) is 4.80. The Bertz CT molecular complexity index is 859. The molecule has 1 N–H and O–H groups in total. The van der Waals surface area contributed by atoms with Crippen molar-refractivity contribution in [3.8, 4) is 0 Å². The van der Waals surface area contributed by atoms with Gasteiger partial charge in [-0.15, -0.1) is 10.2 Å². The van der Waals surface area contributed by atoms with Gasteiger partial charge in [0.05, 0.1) is 5.75 Å². The largest absolute Gasteiger partial charge is 0.325 e. The summed E-state index contributed by atoms with van der Waals surface area (Å²) in [5, 5.41) is 11.8. The van der Waals surface area contributed by atoms with Crippen LogP contribution in [0.4, 0.5) is 5.69 Å². The Hall–Kier alpha value is -2.06. The van der Waals surface area contributed by atoms with E-state index in [1.165, 1.54) is 11.8 Å². The minimum atomic E-state index is -0.0786. The summed E-state index contributed by atoms with van der Waals surface area (Å²) in [6.07, 6.45) is 3.82. The third kappa shape index (κ3) is 3.70. The molecular formula is C16H16BrN5OS. The maximum absolute atomic E-state index is 12.2. The summed E-state index contributed by atoms with van der Waals surface area (Å²) in [6.45, 7) is 3.84. The highest BCUT2D eigenvalue weighted by molar-refractivity contribution is 9.10. The van der Waals surface area contributed by atoms with Crippen LogP contribution in [-0.4, -0.2) is 31.2 Å². The second kappa shape index (κ2) is 7.23. The number of benzene rings is 1. The lowest BCUT2D eigenvalue weighted by molar-refractivity contribution is -0.113. The van der Waals surface area contributed by atoms with E-state index in [-0.39, 0.29) is 11.7 Å². The number of aryl methyl sites for hydroxylation is 2. The minimum absolute atomic E-state index is 0.0786. The predicted octanol–water partition coefficient (Wildman–Crippen LogP) is 3.50. The number of aromatic nitrogens is 4. The van der Waals surface area contributed by atoms with E-state index in [0.717, 1.165) is 21.5 Å². The van der Waals surface area contributed by atoms with Crippen molar-refractivity contribution >= 4 is 39.3 Å². The van der Waals surface area contributed by atoms with Crippen molar-refractivity contribution in [1.82, 2.24) is 19.5 Å². The van der Waals surface area contributed by atoms with E-state index >= 15 is 0 Å². The van der Waals surface area contributed by atoms with Crippen molar-refractivity contribution in [3.63, 3.8) is 0 Å². The number of halogens is 1. The molecule has 3 aromatic rings. The van der Waals surface area contributed by atoms with Crippen LogP contribution in [0.5, 0.6) is 0 Å². The van der Waals surface area contributed by atoms with Crippen LogP contribution in [0, 0.1) is 13.8 Å². The fourth-order valence-corrected chi connectivity index (χ4v) is 3.49. The summed E-state index contributed by atoms with van der Waals surface area (Å²) in [4.78, 5) is 12.2. The molecule has 2 heterocycles. The lowest BCUT2D eigenvalue weighted by atomic mass is 10.2. The topological polar surface area (TPSA) is 64.7 Å². The van der Waals surface area contributed by atoms with Crippen molar-refractivity contribution in [2.75, 3.05) is 11.1 Å². The normalized spacial score (nSPS) is 10.8. The van der Waals surface area contributed by atoms with Crippen LogP contribution in [0.15, 0.2) is 52.4 Å². The number of nitrogens with zero attached hydrogens (tertiary/aromatic N) is 4. The molecule has 2 aromatic heterocycles. The Morgan fingerprint density at radius 3 is 2.71 bits per heavy atom. The maximum atomic E-state index is 12.2. The van der Waals surface area contributed by atoms with E-state index in [2.05, 4.69) is 31.4 Å². The van der Waals surface area contributed by atoms with Gasteiger partial charge in [0.1, 0.15) is 0 Å². The van der Waals surface area contributed by atoms with Gasteiger partial charge in [0.15, 0.2) is 5.82 Å². The summed E-state index contributed by atoms with van der Waals surface area (Å²) in [5.74, 6) is 0.942. The first-order valence-corrected chi connectivity index (χ1v) is 9.07. The SMILES string of the molecule is Cc1cc(Br)ccc1NC(=O)CSc1nnc(C)n1-n1cccc1. The van der Waals surface area contributed by atoms with E-state index in [1.54, 1.807) is 0 Å². The Morgan fingerprint density at radius 1 is 1.25 bits per heavy atom. The lowest BCUT2D eigenvalue weighted by Gasteiger charge is -2.10. The summed E-state index contributed by atoms with van der Waals surface area (Å²) in [6, 6.07) is 9.61. The molecular weight excluding hydrogens is 390 g/mol. The van der Waals surface area contributed by atoms with Gasteiger partial charge >= 0.3 is 0 Å². The van der Waals surface area contributed by atoms with Gasteiger partial charge in [-0.1, -0.05) is 27.7 Å². The number of carbonyl (C=O) groups is 1. The first kappa shape index (κ1) is 16.8. The second-order valence-electron chi connectivity index (χ2n) is 5.20. The van der Waals surface area contributed by atoms with Crippen molar-refractivity contribution in [2.24, 2.45) is 0 Å². The molecule has 8 heteroatoms. The fourth-order valence-electron chi connectivity index (χ4n) is 2.24. The average molecular weight is 406 g/mol. The number of anilines is 1. The quantitative estimate of drug-likeness (QED) is 0.659. The molecule has 0 atom stereocenters. The number of thioether (sulfide) groups is 1. The zero-order valence-corrected chi connectivity index (χ0v) is 15.6. The molecule has 124 valence electrons. The van der Waals surface area contributed by atoms with Gasteiger partial charge in [-0.25, -0.2) is 4.68 Å². The van der Waals surface area contributed by atoms with Crippen LogP contribution in [0.3, 0.4) is 0 Å². The fraction of sp³-hybridized carbons (Fsp3) is 0.188. The summed E-state index contributed by atoms with van der Waals surface area (Å²) in [5.41, 5.74) is 1.82. The van der Waals surface area contributed by atoms with Crippen LogP contribution in [0.2, 0.25) is 0 Å². The number of nitrogens with one attached hydrogen (secondary N) is 1. The van der Waals surface area contributed by atoms with Gasteiger partial charge in [-0.05, 0) is 49.7 Å². The molecule has 0 saturated carbocycles. The van der Waals surface area contributed by atoms with Crippen LogP contribution in [0.25, 0.3) is 0 Å². The van der Waals surface area contributed by atoms with Crippen LogP contribution in [0.1, 0.15) is 11.4 Å². The van der Waals surface area contributed by atoms with Gasteiger partial charge < -0.3 is 5.32 Å². The van der Waals surface area contributed by atoms with Crippen molar-refractivity contribution in [3.05, 3.63) is 58.6 Å². The average Bonchev–Trinajstić information content (AvgIpc) is 3.17. The Kier molecular flexibility index (Phi) is 5.06. The molecule has 0 saturated heterocycles. The first-order valence-electron chi connectivity index (χ1n) is 7.29. The Morgan fingerprint density at radius 2 is 2.00 bits per heavy atom. The molecule has 24 heavy (non-hydrogen) atoms. The molecule has 3 rings (SSSR count). The van der Waals surface area contributed by atoms with Crippen molar-refractivity contribution in [2.45, 2.75) is 19.0 Å². The molecule has 0 bridgehead atoms. The molecule has 0 fully saturated rings. The van der Waals surface area contributed by atoms with E-state index in [0.29, 0.717) is 5.16 Å². The van der Waals surface area contributed by atoms with Crippen molar-refractivity contribution in [1.29, 1.82) is 0 Å². The summed E-state index contributed by atoms with van der Waals surface area (Å²) < 4.78 is 4.74. The van der Waals surface area contributed by atoms with E-state index in [1.807, 2.05) is 65.9 Å². The number of rotatable bonds is 5. The smallest absolute Gasteiger partial charge is 0.234 e. The molecule has 0 radical (unpaired) electrons. The highest BCUT2D eigenvalue weighted by Crippen LogP contribution is 2.21. The molecule has 0 spiro atoms. The number of hydrogen-bond donors (Lipinski definition) is 1. The zero-order valence-electron chi connectivity index (χ0n) is 13.2. The van der Waals surface area contributed by atoms with Gasteiger partial charge in [0, 0.05) is 22.6 Å². The molecule has 1 aromatic carbocycles. The van der Waals surface area contributed by atoms with Gasteiger partial charge in [0.25, 0.3) is 0 Å². The van der Waals surface area contributed by atoms with Gasteiger partial charge in [-0.2, -0.15) is 0 Å². The first-order chi connectivity index (χ1) is 11.5. The number of hydrogen-bond acceptors (Lipinski definition) is 4. The minimum Gasteiger partial charge on any atom is -0.325 e. The van der Waals surface area contributed by atoms with E-state index in [9.17, 15) is 4.79 Å². The molecule has 0 aliphatic rings. The Labute approximate surface area is 152 Å². The van der Waals surface area contributed by atoms with Crippen LogP contribution in [-0.2, 0) is 4.79 Å². The van der Waals surface area contributed by atoms with Crippen LogP contribution < -0.4 is 5.32 Å². The third-order valence-electron chi connectivity index (χ3n) is 3.38. The maximum Gasteiger partial charge on any atom is 0.234 e. The molecule has 0 unspecified atom stereocenters. The molecule has 1 amide bonds. The highest BCUT2D eigenvalue weighted by Gasteiger charge is 2.13. The molecule has 0 aliphatic carbocycles. The number of amides is 1. The van der Waals surface area contributed by atoms with Crippen molar-refractivity contribution < 1.29 is 4.79 Å². The van der Waals surface area contributed by atoms with Gasteiger partial charge in [-0.3, -0.25) is 9.47 Å². The van der Waals surface area contributed by atoms with Gasteiger partial charge in [0.2, 0.25) is 11.1 Å². The highest BCUT2D eigenvalue weighted by atomic mass is 79.9. The van der Waals surface area contributed by atoms with E-state index in [4.69, 9.17) is 0 Å².